The van der Waals surface area contributed by atoms with E-state index in [1.54, 1.807) is 0 Å². The van der Waals surface area contributed by atoms with Gasteiger partial charge in [0, 0.05) is 22.2 Å². The van der Waals surface area contributed by atoms with Crippen LogP contribution in [0.15, 0.2) is 47.0 Å². The van der Waals surface area contributed by atoms with Gasteiger partial charge in [0.05, 0.1) is 6.54 Å². The van der Waals surface area contributed by atoms with Gasteiger partial charge in [-0.3, -0.25) is 9.69 Å². The van der Waals surface area contributed by atoms with Crippen molar-refractivity contribution in [2.75, 3.05) is 18.4 Å². The molecule has 32 heavy (non-hydrogen) atoms. The SMILES string of the molecule is CCc1cccc(CC)c1NC(=O)C1CCN(Cc2nc(-c3cccc(Cl)c3)no2)CC1. The fourth-order valence-electron chi connectivity index (χ4n) is 4.24. The summed E-state index contributed by atoms with van der Waals surface area (Å²) in [6.45, 7) is 6.48. The molecule has 0 radical (unpaired) electrons. The molecule has 1 aliphatic rings. The Morgan fingerprint density at radius 3 is 2.47 bits per heavy atom. The van der Waals surface area contributed by atoms with Gasteiger partial charge in [0.1, 0.15) is 0 Å². The zero-order chi connectivity index (χ0) is 22.5. The van der Waals surface area contributed by atoms with Gasteiger partial charge in [-0.15, -0.1) is 0 Å². The molecule has 3 aromatic rings. The van der Waals surface area contributed by atoms with Crippen LogP contribution < -0.4 is 5.32 Å². The highest BCUT2D eigenvalue weighted by atomic mass is 35.5. The summed E-state index contributed by atoms with van der Waals surface area (Å²) >= 11 is 6.05. The number of rotatable bonds is 7. The number of aromatic nitrogens is 2. The molecule has 1 aromatic heterocycles. The fraction of sp³-hybridized carbons (Fsp3) is 0.400. The Kier molecular flexibility index (Phi) is 7.22. The van der Waals surface area contributed by atoms with Crippen LogP contribution in [0.2, 0.25) is 5.02 Å². The molecule has 0 saturated carbocycles. The average molecular weight is 453 g/mol. The highest BCUT2D eigenvalue weighted by molar-refractivity contribution is 6.30. The van der Waals surface area contributed by atoms with Gasteiger partial charge in [-0.2, -0.15) is 4.98 Å². The molecule has 1 N–H and O–H groups in total. The molecular formula is C25H29ClN4O2. The van der Waals surface area contributed by atoms with Gasteiger partial charge in [0.15, 0.2) is 0 Å². The number of anilines is 1. The number of nitrogens with one attached hydrogen (secondary N) is 1. The molecule has 7 heteroatoms. The highest BCUT2D eigenvalue weighted by Gasteiger charge is 2.27. The summed E-state index contributed by atoms with van der Waals surface area (Å²) in [5.74, 6) is 1.26. The number of para-hydroxylation sites is 1. The molecule has 2 heterocycles. The normalized spacial score (nSPS) is 15.1. The zero-order valence-corrected chi connectivity index (χ0v) is 19.4. The van der Waals surface area contributed by atoms with Gasteiger partial charge < -0.3 is 9.84 Å². The van der Waals surface area contributed by atoms with E-state index < -0.39 is 0 Å². The lowest BCUT2D eigenvalue weighted by Crippen LogP contribution is -2.38. The van der Waals surface area contributed by atoms with Crippen molar-refractivity contribution in [1.29, 1.82) is 0 Å². The minimum absolute atomic E-state index is 0.0191. The lowest BCUT2D eigenvalue weighted by Gasteiger charge is -2.30. The number of benzene rings is 2. The molecule has 0 atom stereocenters. The van der Waals surface area contributed by atoms with Crippen molar-refractivity contribution < 1.29 is 9.32 Å². The van der Waals surface area contributed by atoms with Gasteiger partial charge in [-0.05, 0) is 62.0 Å². The smallest absolute Gasteiger partial charge is 0.241 e. The van der Waals surface area contributed by atoms with Crippen LogP contribution in [0.1, 0.15) is 43.7 Å². The number of hydrogen-bond acceptors (Lipinski definition) is 5. The number of aryl methyl sites for hydroxylation is 2. The number of piperidine rings is 1. The van der Waals surface area contributed by atoms with Crippen LogP contribution >= 0.6 is 11.6 Å². The maximum Gasteiger partial charge on any atom is 0.241 e. The van der Waals surface area contributed by atoms with E-state index in [0.717, 1.165) is 50.0 Å². The Hall–Kier alpha value is -2.70. The predicted molar refractivity (Wildman–Crippen MR) is 127 cm³/mol. The van der Waals surface area contributed by atoms with Gasteiger partial charge >= 0.3 is 0 Å². The van der Waals surface area contributed by atoms with Crippen molar-refractivity contribution in [2.24, 2.45) is 5.92 Å². The summed E-state index contributed by atoms with van der Waals surface area (Å²) in [6.07, 6.45) is 3.44. The standard InChI is InChI=1S/C25H29ClN4O2/c1-3-17-7-5-8-18(4-2)23(17)28-25(31)19-11-13-30(14-12-19)16-22-27-24(29-32-22)20-9-6-10-21(26)15-20/h5-10,15,19H,3-4,11-14,16H2,1-2H3,(H,28,31). The third-order valence-electron chi connectivity index (χ3n) is 6.12. The summed E-state index contributed by atoms with van der Waals surface area (Å²) in [7, 11) is 0. The number of nitrogens with zero attached hydrogens (tertiary/aromatic N) is 3. The van der Waals surface area contributed by atoms with E-state index in [4.69, 9.17) is 16.1 Å². The number of halogens is 1. The predicted octanol–water partition coefficient (Wildman–Crippen LogP) is 5.37. The Morgan fingerprint density at radius 1 is 1.12 bits per heavy atom. The molecule has 1 aliphatic heterocycles. The number of amides is 1. The molecule has 1 saturated heterocycles. The molecule has 1 amide bonds. The van der Waals surface area contributed by atoms with Crippen LogP contribution in [0.4, 0.5) is 5.69 Å². The lowest BCUT2D eigenvalue weighted by atomic mass is 9.95. The third-order valence-corrected chi connectivity index (χ3v) is 6.35. The molecule has 6 nitrogen and oxygen atoms in total. The first kappa shape index (κ1) is 22.5. The maximum atomic E-state index is 13.0. The van der Waals surface area contributed by atoms with Gasteiger partial charge in [-0.1, -0.05) is 60.9 Å². The highest BCUT2D eigenvalue weighted by Crippen LogP contribution is 2.26. The quantitative estimate of drug-likeness (QED) is 0.522. The minimum Gasteiger partial charge on any atom is -0.338 e. The Balaban J connectivity index is 1.33. The Labute approximate surface area is 194 Å². The first-order chi connectivity index (χ1) is 15.6. The molecular weight excluding hydrogens is 424 g/mol. The molecule has 0 bridgehead atoms. The molecule has 0 unspecified atom stereocenters. The number of carbonyl (C=O) groups is 1. The first-order valence-corrected chi connectivity index (χ1v) is 11.7. The number of carbonyl (C=O) groups excluding carboxylic acids is 1. The molecule has 168 valence electrons. The monoisotopic (exact) mass is 452 g/mol. The van der Waals surface area contributed by atoms with Crippen LogP contribution in [0.25, 0.3) is 11.4 Å². The van der Waals surface area contributed by atoms with Crippen LogP contribution in [0.5, 0.6) is 0 Å². The second-order valence-electron chi connectivity index (χ2n) is 8.22. The van der Waals surface area contributed by atoms with Crippen LogP contribution in [-0.4, -0.2) is 34.0 Å². The van der Waals surface area contributed by atoms with Crippen LogP contribution in [0.3, 0.4) is 0 Å². The fourth-order valence-corrected chi connectivity index (χ4v) is 4.43. The van der Waals surface area contributed by atoms with Crippen molar-refractivity contribution in [1.82, 2.24) is 15.0 Å². The van der Waals surface area contributed by atoms with Crippen LogP contribution in [0, 0.1) is 5.92 Å². The van der Waals surface area contributed by atoms with E-state index in [-0.39, 0.29) is 11.8 Å². The molecule has 0 aliphatic carbocycles. The molecule has 1 fully saturated rings. The summed E-state index contributed by atoms with van der Waals surface area (Å²) in [5, 5.41) is 7.95. The number of hydrogen-bond donors (Lipinski definition) is 1. The first-order valence-electron chi connectivity index (χ1n) is 11.3. The summed E-state index contributed by atoms with van der Waals surface area (Å²) in [6, 6.07) is 13.7. The number of likely N-dealkylation sites (tertiary alicyclic amines) is 1. The molecule has 4 rings (SSSR count). The van der Waals surface area contributed by atoms with E-state index in [2.05, 4.69) is 52.4 Å². The van der Waals surface area contributed by atoms with Gasteiger partial charge in [0.2, 0.25) is 17.6 Å². The van der Waals surface area contributed by atoms with Gasteiger partial charge in [-0.25, -0.2) is 0 Å². The molecule has 0 spiro atoms. The van der Waals surface area contributed by atoms with Crippen molar-refractivity contribution in [2.45, 2.75) is 46.1 Å². The second kappa shape index (κ2) is 10.3. The van der Waals surface area contributed by atoms with Crippen molar-refractivity contribution in [3.05, 3.63) is 64.5 Å². The Morgan fingerprint density at radius 2 is 1.81 bits per heavy atom. The summed E-state index contributed by atoms with van der Waals surface area (Å²) < 4.78 is 5.44. The largest absolute Gasteiger partial charge is 0.338 e. The van der Waals surface area contributed by atoms with E-state index in [0.29, 0.717) is 23.3 Å². The Bertz CT molecular complexity index is 1050. The topological polar surface area (TPSA) is 71.3 Å². The van der Waals surface area contributed by atoms with E-state index >= 15 is 0 Å². The van der Waals surface area contributed by atoms with E-state index in [9.17, 15) is 4.79 Å². The average Bonchev–Trinajstić information content (AvgIpc) is 3.28. The minimum atomic E-state index is 0.0191. The third kappa shape index (κ3) is 5.19. The van der Waals surface area contributed by atoms with Crippen molar-refractivity contribution in [3.63, 3.8) is 0 Å². The zero-order valence-electron chi connectivity index (χ0n) is 18.6. The van der Waals surface area contributed by atoms with Crippen molar-refractivity contribution >= 4 is 23.2 Å². The molecule has 2 aromatic carbocycles. The lowest BCUT2D eigenvalue weighted by molar-refractivity contribution is -0.121. The van der Waals surface area contributed by atoms with Gasteiger partial charge in [0.25, 0.3) is 0 Å². The van der Waals surface area contributed by atoms with Crippen LogP contribution in [-0.2, 0) is 24.2 Å². The van der Waals surface area contributed by atoms with E-state index in [1.165, 1.54) is 11.1 Å². The second-order valence-corrected chi connectivity index (χ2v) is 8.66. The summed E-state index contributed by atoms with van der Waals surface area (Å²) in [4.78, 5) is 19.7. The van der Waals surface area contributed by atoms with E-state index in [1.807, 2.05) is 24.3 Å². The maximum absolute atomic E-state index is 13.0. The summed E-state index contributed by atoms with van der Waals surface area (Å²) in [5.41, 5.74) is 4.23. The van der Waals surface area contributed by atoms with Crippen molar-refractivity contribution in [3.8, 4) is 11.4 Å².